The fourth-order valence-electron chi connectivity index (χ4n) is 3.01. The number of hydrogen-bond acceptors (Lipinski definition) is 0. The van der Waals surface area contributed by atoms with Gasteiger partial charge in [0.25, 0.3) is 0 Å². The Kier molecular flexibility index (Phi) is 17.5. The average molecular weight is 342 g/mol. The molecule has 0 amide bonds. The van der Waals surface area contributed by atoms with Crippen LogP contribution >= 0.6 is 15.8 Å². The Morgan fingerprint density at radius 1 is 0.636 bits per heavy atom. The molecule has 0 N–H and O–H groups in total. The van der Waals surface area contributed by atoms with E-state index in [0.29, 0.717) is 0 Å². The monoisotopic (exact) mass is 342 g/mol. The lowest BCUT2D eigenvalue weighted by Gasteiger charge is -2.35. The SMILES string of the molecule is [B]CCC(P(CCCC)CCCC)P(CCCC)CCCC. The summed E-state index contributed by atoms with van der Waals surface area (Å²) in [5.74, 6) is 0. The second-order valence-electron chi connectivity index (χ2n) is 6.54. The van der Waals surface area contributed by atoms with Crippen LogP contribution in [-0.4, -0.2) is 37.9 Å². The summed E-state index contributed by atoms with van der Waals surface area (Å²) >= 11 is 0. The molecule has 0 aliphatic rings. The Morgan fingerprint density at radius 2 is 0.955 bits per heavy atom. The van der Waals surface area contributed by atoms with Crippen LogP contribution in [0, 0.1) is 0 Å². The first-order chi connectivity index (χ1) is 10.7. The highest BCUT2D eigenvalue weighted by molar-refractivity contribution is 7.75. The number of rotatable bonds is 16. The standard InChI is InChI=1S/C19H41BP2/c1-5-9-15-21(16-10-6-2)19(13-14-20)22(17-11-7-3)18-12-8-4/h19H,5-18H2,1-4H3. The molecule has 0 aromatic heterocycles. The molecule has 22 heavy (non-hydrogen) atoms. The van der Waals surface area contributed by atoms with E-state index in [4.69, 9.17) is 7.85 Å². The molecule has 0 bridgehead atoms. The highest BCUT2D eigenvalue weighted by Gasteiger charge is 2.26. The van der Waals surface area contributed by atoms with Gasteiger partial charge >= 0.3 is 0 Å². The second kappa shape index (κ2) is 16.8. The molecule has 0 heterocycles. The maximum absolute atomic E-state index is 6.04. The molecule has 3 heteroatoms. The van der Waals surface area contributed by atoms with Gasteiger partial charge in [-0.25, -0.2) is 0 Å². The van der Waals surface area contributed by atoms with Gasteiger partial charge in [0, 0.05) is 0 Å². The quantitative estimate of drug-likeness (QED) is 0.202. The first-order valence-corrected chi connectivity index (χ1v) is 13.5. The molecule has 0 aliphatic carbocycles. The van der Waals surface area contributed by atoms with E-state index < -0.39 is 0 Å². The van der Waals surface area contributed by atoms with Crippen LogP contribution in [0.25, 0.3) is 0 Å². The maximum atomic E-state index is 6.04. The van der Waals surface area contributed by atoms with E-state index >= 15 is 0 Å². The Hall–Kier alpha value is 0.925. The molecule has 0 rings (SSSR count). The molecule has 0 aliphatic heterocycles. The van der Waals surface area contributed by atoms with E-state index in [9.17, 15) is 0 Å². The smallest absolute Gasteiger partial charge is 0.0653 e. The molecule has 0 aromatic rings. The summed E-state index contributed by atoms with van der Waals surface area (Å²) in [6.45, 7) is 9.40. The second-order valence-corrected chi connectivity index (χ2v) is 12.3. The molecule has 0 nitrogen and oxygen atoms in total. The van der Waals surface area contributed by atoms with Crippen molar-refractivity contribution < 1.29 is 0 Å². The van der Waals surface area contributed by atoms with Crippen molar-refractivity contribution in [3.8, 4) is 0 Å². The fraction of sp³-hybridized carbons (Fsp3) is 1.00. The van der Waals surface area contributed by atoms with E-state index in [1.54, 1.807) is 0 Å². The lowest BCUT2D eigenvalue weighted by molar-refractivity contribution is 0.844. The highest BCUT2D eigenvalue weighted by Crippen LogP contribution is 2.61. The summed E-state index contributed by atoms with van der Waals surface area (Å²) in [5.41, 5.74) is 0. The van der Waals surface area contributed by atoms with Gasteiger partial charge in [-0.1, -0.05) is 82.0 Å². The topological polar surface area (TPSA) is 0 Å². The lowest BCUT2D eigenvalue weighted by atomic mass is 10.0. The fourth-order valence-corrected chi connectivity index (χ4v) is 11.8. The zero-order valence-electron chi connectivity index (χ0n) is 15.9. The van der Waals surface area contributed by atoms with Crippen molar-refractivity contribution >= 4 is 23.7 Å². The van der Waals surface area contributed by atoms with Crippen molar-refractivity contribution in [2.24, 2.45) is 0 Å². The van der Waals surface area contributed by atoms with Crippen LogP contribution in [-0.2, 0) is 0 Å². The molecule has 0 atom stereocenters. The van der Waals surface area contributed by atoms with Crippen LogP contribution < -0.4 is 0 Å². The minimum atomic E-state index is 0.235. The number of unbranched alkanes of at least 4 members (excludes halogenated alkanes) is 4. The minimum Gasteiger partial charge on any atom is -0.0992 e. The van der Waals surface area contributed by atoms with Crippen molar-refractivity contribution in [1.29, 1.82) is 0 Å². The molecule has 2 radical (unpaired) electrons. The Labute approximate surface area is 145 Å². The third-order valence-corrected chi connectivity index (χ3v) is 12.2. The predicted molar refractivity (Wildman–Crippen MR) is 112 cm³/mol. The molecule has 0 spiro atoms. The van der Waals surface area contributed by atoms with Gasteiger partial charge < -0.3 is 0 Å². The van der Waals surface area contributed by atoms with Crippen LogP contribution in [0.4, 0.5) is 0 Å². The van der Waals surface area contributed by atoms with Gasteiger partial charge in [-0.2, -0.15) is 0 Å². The largest absolute Gasteiger partial charge is 0.0992 e. The lowest BCUT2D eigenvalue weighted by Crippen LogP contribution is -2.13. The molecular weight excluding hydrogens is 301 g/mol. The minimum absolute atomic E-state index is 0.235. The third kappa shape index (κ3) is 10.7. The molecule has 0 saturated heterocycles. The number of hydrogen-bond donors (Lipinski definition) is 0. The summed E-state index contributed by atoms with van der Waals surface area (Å²) in [6, 6.07) is 0. The van der Waals surface area contributed by atoms with E-state index in [2.05, 4.69) is 27.7 Å². The molecular formula is C19H41BP2. The van der Waals surface area contributed by atoms with E-state index in [-0.39, 0.29) is 15.8 Å². The first-order valence-electron chi connectivity index (χ1n) is 9.93. The van der Waals surface area contributed by atoms with Crippen molar-refractivity contribution in [1.82, 2.24) is 0 Å². The van der Waals surface area contributed by atoms with Crippen LogP contribution in [0.1, 0.15) is 85.5 Å². The zero-order valence-corrected chi connectivity index (χ0v) is 17.7. The van der Waals surface area contributed by atoms with Crippen molar-refractivity contribution in [3.63, 3.8) is 0 Å². The van der Waals surface area contributed by atoms with Gasteiger partial charge in [-0.05, 0) is 55.7 Å². The Bertz CT molecular complexity index is 187. The average Bonchev–Trinajstić information content (AvgIpc) is 2.54. The summed E-state index contributed by atoms with van der Waals surface area (Å²) in [6.07, 6.45) is 19.6. The van der Waals surface area contributed by atoms with Gasteiger partial charge in [-0.15, -0.1) is 0 Å². The van der Waals surface area contributed by atoms with E-state index in [1.807, 2.05) is 0 Å². The van der Waals surface area contributed by atoms with Gasteiger partial charge in [0.2, 0.25) is 0 Å². The van der Waals surface area contributed by atoms with E-state index in [0.717, 1.165) is 11.7 Å². The van der Waals surface area contributed by atoms with Crippen molar-refractivity contribution in [3.05, 3.63) is 0 Å². The zero-order chi connectivity index (χ0) is 16.6. The molecule has 0 saturated carbocycles. The Morgan fingerprint density at radius 3 is 1.18 bits per heavy atom. The highest BCUT2D eigenvalue weighted by atomic mass is 31.2. The molecule has 130 valence electrons. The summed E-state index contributed by atoms with van der Waals surface area (Å²) in [7, 11) is 6.51. The van der Waals surface area contributed by atoms with E-state index in [1.165, 1.54) is 82.4 Å². The third-order valence-electron chi connectivity index (χ3n) is 4.46. The van der Waals surface area contributed by atoms with Crippen LogP contribution in [0.15, 0.2) is 0 Å². The van der Waals surface area contributed by atoms with Crippen LogP contribution in [0.3, 0.4) is 0 Å². The molecule has 0 fully saturated rings. The van der Waals surface area contributed by atoms with Crippen LogP contribution in [0.2, 0.25) is 6.32 Å². The van der Waals surface area contributed by atoms with Gasteiger partial charge in [0.05, 0.1) is 7.85 Å². The van der Waals surface area contributed by atoms with Gasteiger partial charge in [0.1, 0.15) is 0 Å². The van der Waals surface area contributed by atoms with Gasteiger partial charge in [0.15, 0.2) is 0 Å². The Balaban J connectivity index is 4.88. The molecule has 0 unspecified atom stereocenters. The summed E-state index contributed by atoms with van der Waals surface area (Å²) in [5, 5.41) is 1.02. The van der Waals surface area contributed by atoms with Crippen LogP contribution in [0.5, 0.6) is 0 Å². The van der Waals surface area contributed by atoms with Crippen molar-refractivity contribution in [2.45, 2.75) is 97.2 Å². The molecule has 0 aromatic carbocycles. The summed E-state index contributed by atoms with van der Waals surface area (Å²) in [4.78, 5) is 0. The van der Waals surface area contributed by atoms with Crippen molar-refractivity contribution in [2.75, 3.05) is 24.6 Å². The first kappa shape index (κ1) is 22.9. The maximum Gasteiger partial charge on any atom is 0.0653 e. The normalized spacial score (nSPS) is 12.0. The van der Waals surface area contributed by atoms with Gasteiger partial charge in [-0.3, -0.25) is 0 Å². The predicted octanol–water partition coefficient (Wildman–Crippen LogP) is 7.45. The summed E-state index contributed by atoms with van der Waals surface area (Å²) < 4.78 is 0.